The van der Waals surface area contributed by atoms with Crippen molar-refractivity contribution in [1.82, 2.24) is 9.21 Å². The zero-order chi connectivity index (χ0) is 19.2. The van der Waals surface area contributed by atoms with Crippen LogP contribution in [0.3, 0.4) is 0 Å². The van der Waals surface area contributed by atoms with Gasteiger partial charge in [0.2, 0.25) is 10.0 Å². The van der Waals surface area contributed by atoms with Gasteiger partial charge in [0.1, 0.15) is 4.90 Å². The molecule has 0 saturated carbocycles. The van der Waals surface area contributed by atoms with Crippen molar-refractivity contribution in [3.05, 3.63) is 59.1 Å². The van der Waals surface area contributed by atoms with E-state index in [1.54, 1.807) is 30.3 Å². The van der Waals surface area contributed by atoms with Gasteiger partial charge in [-0.1, -0.05) is 29.8 Å². The molecule has 0 unspecified atom stereocenters. The molecule has 0 N–H and O–H groups in total. The van der Waals surface area contributed by atoms with Gasteiger partial charge < -0.3 is 4.90 Å². The summed E-state index contributed by atoms with van der Waals surface area (Å²) in [6.45, 7) is 1.16. The highest BCUT2D eigenvalue weighted by atomic mass is 35.5. The van der Waals surface area contributed by atoms with Crippen molar-refractivity contribution in [2.45, 2.75) is 9.79 Å². The SMILES string of the molecule is O=S1(=O)N=C(N2CCN(S(=O)(=O)c3cccc(Cl)c3)CC2)c2ccccc21. The lowest BCUT2D eigenvalue weighted by atomic mass is 10.2. The maximum absolute atomic E-state index is 12.8. The van der Waals surface area contributed by atoms with Crippen LogP contribution in [0.15, 0.2) is 62.7 Å². The number of hydrogen-bond donors (Lipinski definition) is 0. The lowest BCUT2D eigenvalue weighted by Gasteiger charge is -2.35. The molecule has 0 aliphatic carbocycles. The molecule has 1 saturated heterocycles. The quantitative estimate of drug-likeness (QED) is 0.732. The minimum atomic E-state index is -3.69. The van der Waals surface area contributed by atoms with Crippen molar-refractivity contribution in [2.24, 2.45) is 4.40 Å². The van der Waals surface area contributed by atoms with Crippen LogP contribution in [0.2, 0.25) is 5.02 Å². The van der Waals surface area contributed by atoms with E-state index >= 15 is 0 Å². The predicted molar refractivity (Wildman–Crippen MR) is 102 cm³/mol. The van der Waals surface area contributed by atoms with Gasteiger partial charge in [-0.3, -0.25) is 0 Å². The molecule has 2 heterocycles. The van der Waals surface area contributed by atoms with Crippen molar-refractivity contribution in [2.75, 3.05) is 26.2 Å². The number of nitrogens with zero attached hydrogens (tertiary/aromatic N) is 3. The summed E-state index contributed by atoms with van der Waals surface area (Å²) in [7, 11) is -7.34. The van der Waals surface area contributed by atoms with Crippen LogP contribution in [0.1, 0.15) is 5.56 Å². The summed E-state index contributed by atoms with van der Waals surface area (Å²) in [5, 5.41) is 0.358. The van der Waals surface area contributed by atoms with E-state index in [1.165, 1.54) is 22.5 Å². The average molecular weight is 426 g/mol. The second kappa shape index (κ2) is 6.59. The summed E-state index contributed by atoms with van der Waals surface area (Å²) in [5.74, 6) is 0.380. The molecule has 1 fully saturated rings. The number of fused-ring (bicyclic) bond motifs is 1. The lowest BCUT2D eigenvalue weighted by Crippen LogP contribution is -2.50. The molecule has 7 nitrogen and oxygen atoms in total. The first-order valence-corrected chi connectivity index (χ1v) is 11.5. The van der Waals surface area contributed by atoms with Gasteiger partial charge in [-0.15, -0.1) is 4.40 Å². The van der Waals surface area contributed by atoms with Crippen molar-refractivity contribution < 1.29 is 16.8 Å². The topological polar surface area (TPSA) is 87.1 Å². The van der Waals surface area contributed by atoms with Crippen LogP contribution in [-0.2, 0) is 20.0 Å². The molecule has 0 bridgehead atoms. The minimum absolute atomic E-state index is 0.148. The third kappa shape index (κ3) is 3.25. The molecule has 4 rings (SSSR count). The van der Waals surface area contributed by atoms with Gasteiger partial charge in [0, 0.05) is 36.8 Å². The number of sulfonamides is 2. The molecule has 142 valence electrons. The fraction of sp³-hybridized carbons (Fsp3) is 0.235. The Morgan fingerprint density at radius 2 is 1.67 bits per heavy atom. The Morgan fingerprint density at radius 3 is 2.37 bits per heavy atom. The number of piperazine rings is 1. The maximum atomic E-state index is 12.8. The molecule has 2 aromatic carbocycles. The van der Waals surface area contributed by atoms with Gasteiger partial charge in [-0.25, -0.2) is 8.42 Å². The highest BCUT2D eigenvalue weighted by Gasteiger charge is 2.35. The van der Waals surface area contributed by atoms with Gasteiger partial charge in [-0.2, -0.15) is 12.7 Å². The molecule has 0 amide bonds. The zero-order valence-corrected chi connectivity index (χ0v) is 16.5. The second-order valence-corrected chi connectivity index (χ2v) is 10.2. The molecular weight excluding hydrogens is 410 g/mol. The summed E-state index contributed by atoms with van der Waals surface area (Å²) < 4.78 is 55.3. The largest absolute Gasteiger partial charge is 0.353 e. The Bertz CT molecular complexity index is 1140. The highest BCUT2D eigenvalue weighted by Crippen LogP contribution is 2.28. The van der Waals surface area contributed by atoms with Crippen molar-refractivity contribution in [3.63, 3.8) is 0 Å². The first kappa shape index (κ1) is 18.4. The van der Waals surface area contributed by atoms with Gasteiger partial charge in [0.15, 0.2) is 5.84 Å². The van der Waals surface area contributed by atoms with Crippen LogP contribution in [0.5, 0.6) is 0 Å². The van der Waals surface area contributed by atoms with Crippen LogP contribution in [-0.4, -0.2) is 58.1 Å². The second-order valence-electron chi connectivity index (χ2n) is 6.23. The molecular formula is C17H16ClN3O4S2. The fourth-order valence-electron chi connectivity index (χ4n) is 3.23. The predicted octanol–water partition coefficient (Wildman–Crippen LogP) is 1.80. The fourth-order valence-corrected chi connectivity index (χ4v) is 6.18. The van der Waals surface area contributed by atoms with Gasteiger partial charge in [0.25, 0.3) is 10.0 Å². The van der Waals surface area contributed by atoms with Crippen LogP contribution < -0.4 is 0 Å². The molecule has 2 aliphatic rings. The normalized spacial score (nSPS) is 19.6. The van der Waals surface area contributed by atoms with E-state index in [9.17, 15) is 16.8 Å². The Kier molecular flexibility index (Phi) is 4.50. The van der Waals surface area contributed by atoms with E-state index in [4.69, 9.17) is 11.6 Å². The van der Waals surface area contributed by atoms with Crippen LogP contribution in [0.4, 0.5) is 0 Å². The Hall–Kier alpha value is -1.94. The standard InChI is InChI=1S/C17H16ClN3O4S2/c18-13-4-3-5-14(12-13)27(24,25)21-10-8-20(9-11-21)17-15-6-1-2-7-16(15)26(22,23)19-17/h1-7,12H,8-11H2. The summed E-state index contributed by atoms with van der Waals surface area (Å²) in [5.41, 5.74) is 0.559. The van der Waals surface area contributed by atoms with E-state index in [-0.39, 0.29) is 22.9 Å². The molecule has 10 heteroatoms. The van der Waals surface area contributed by atoms with E-state index in [0.29, 0.717) is 29.5 Å². The van der Waals surface area contributed by atoms with E-state index in [1.807, 2.05) is 4.90 Å². The van der Waals surface area contributed by atoms with Crippen LogP contribution >= 0.6 is 11.6 Å². The first-order valence-electron chi connectivity index (χ1n) is 8.24. The number of hydrogen-bond acceptors (Lipinski definition) is 5. The molecule has 27 heavy (non-hydrogen) atoms. The minimum Gasteiger partial charge on any atom is -0.353 e. The lowest BCUT2D eigenvalue weighted by molar-refractivity contribution is 0.266. The molecule has 0 radical (unpaired) electrons. The van der Waals surface area contributed by atoms with Crippen molar-refractivity contribution in [3.8, 4) is 0 Å². The number of benzene rings is 2. The number of halogens is 1. The maximum Gasteiger partial charge on any atom is 0.285 e. The molecule has 2 aliphatic heterocycles. The van der Waals surface area contributed by atoms with Gasteiger partial charge >= 0.3 is 0 Å². The summed E-state index contributed by atoms with van der Waals surface area (Å²) >= 11 is 5.91. The van der Waals surface area contributed by atoms with Crippen molar-refractivity contribution >= 4 is 37.5 Å². The molecule has 0 atom stereocenters. The Labute approximate surface area is 163 Å². The van der Waals surface area contributed by atoms with Crippen LogP contribution in [0, 0.1) is 0 Å². The van der Waals surface area contributed by atoms with Crippen molar-refractivity contribution in [1.29, 1.82) is 0 Å². The smallest absolute Gasteiger partial charge is 0.285 e. The zero-order valence-electron chi connectivity index (χ0n) is 14.1. The monoisotopic (exact) mass is 425 g/mol. The highest BCUT2D eigenvalue weighted by molar-refractivity contribution is 7.90. The number of amidine groups is 1. The average Bonchev–Trinajstić information content (AvgIpc) is 2.93. The van der Waals surface area contributed by atoms with E-state index in [0.717, 1.165) is 0 Å². The van der Waals surface area contributed by atoms with E-state index in [2.05, 4.69) is 4.40 Å². The van der Waals surface area contributed by atoms with E-state index < -0.39 is 20.0 Å². The Balaban J connectivity index is 1.55. The third-order valence-electron chi connectivity index (χ3n) is 4.58. The third-order valence-corrected chi connectivity index (χ3v) is 8.04. The first-order chi connectivity index (χ1) is 12.8. The Morgan fingerprint density at radius 1 is 0.963 bits per heavy atom. The van der Waals surface area contributed by atoms with Gasteiger partial charge in [-0.05, 0) is 30.3 Å². The molecule has 2 aromatic rings. The molecule has 0 spiro atoms. The molecule has 0 aromatic heterocycles. The number of rotatable bonds is 2. The van der Waals surface area contributed by atoms with Crippen LogP contribution in [0.25, 0.3) is 0 Å². The summed E-state index contributed by atoms with van der Waals surface area (Å²) in [6, 6.07) is 12.8. The van der Waals surface area contributed by atoms with Gasteiger partial charge in [0.05, 0.1) is 4.90 Å². The summed E-state index contributed by atoms with van der Waals surface area (Å²) in [4.78, 5) is 2.15. The summed E-state index contributed by atoms with van der Waals surface area (Å²) in [6.07, 6.45) is 0.